The Kier molecular flexibility index (Phi) is 4.58. The number of carboxylic acids is 1. The first-order valence-corrected chi connectivity index (χ1v) is 6.73. The molecule has 0 saturated heterocycles. The van der Waals surface area contributed by atoms with E-state index in [1.165, 1.54) is 0 Å². The molecule has 0 atom stereocenters. The number of nitrogens with one attached hydrogen (secondary N) is 1. The van der Waals surface area contributed by atoms with Crippen molar-refractivity contribution in [2.45, 2.75) is 6.42 Å². The van der Waals surface area contributed by atoms with Gasteiger partial charge in [-0.1, -0.05) is 24.3 Å². The van der Waals surface area contributed by atoms with Crippen LogP contribution in [0.5, 0.6) is 0 Å². The van der Waals surface area contributed by atoms with Crippen LogP contribution in [0.1, 0.15) is 16.8 Å². The number of anilines is 1. The Labute approximate surface area is 119 Å². The summed E-state index contributed by atoms with van der Waals surface area (Å²) in [6.07, 6.45) is 1.04. The number of carboxylic acid groups (broad SMARTS) is 1. The van der Waals surface area contributed by atoms with Gasteiger partial charge in [0.25, 0.3) is 0 Å². The van der Waals surface area contributed by atoms with E-state index in [2.05, 4.69) is 24.3 Å². The number of hydrogen-bond donors (Lipinski definition) is 2. The van der Waals surface area contributed by atoms with E-state index < -0.39 is 5.97 Å². The Morgan fingerprint density at radius 1 is 1.15 bits per heavy atom. The second kappa shape index (κ2) is 6.39. The van der Waals surface area contributed by atoms with Crippen molar-refractivity contribution < 1.29 is 9.90 Å². The molecule has 2 rings (SSSR count). The minimum atomic E-state index is -0.889. The SMILES string of the molecule is CN(C)CCCNc1ccc(C(=O)O)c2ccccc12. The zero-order valence-electron chi connectivity index (χ0n) is 11.9. The van der Waals surface area contributed by atoms with Crippen molar-refractivity contribution in [2.75, 3.05) is 32.5 Å². The van der Waals surface area contributed by atoms with Crippen molar-refractivity contribution in [1.29, 1.82) is 0 Å². The zero-order chi connectivity index (χ0) is 14.5. The number of hydrogen-bond acceptors (Lipinski definition) is 3. The van der Waals surface area contributed by atoms with Gasteiger partial charge in [-0.25, -0.2) is 4.79 Å². The van der Waals surface area contributed by atoms with E-state index in [1.807, 2.05) is 30.3 Å². The Morgan fingerprint density at radius 2 is 1.85 bits per heavy atom. The minimum Gasteiger partial charge on any atom is -0.478 e. The second-order valence-corrected chi connectivity index (χ2v) is 5.10. The molecule has 0 aliphatic rings. The van der Waals surface area contributed by atoms with Crippen LogP contribution in [0.15, 0.2) is 36.4 Å². The van der Waals surface area contributed by atoms with Gasteiger partial charge in [0.2, 0.25) is 0 Å². The van der Waals surface area contributed by atoms with Crippen LogP contribution in [-0.4, -0.2) is 43.2 Å². The van der Waals surface area contributed by atoms with Gasteiger partial charge in [0, 0.05) is 17.6 Å². The molecule has 0 spiro atoms. The molecule has 0 bridgehead atoms. The number of fused-ring (bicyclic) bond motifs is 1. The van der Waals surface area contributed by atoms with E-state index in [4.69, 9.17) is 0 Å². The molecule has 0 unspecified atom stereocenters. The van der Waals surface area contributed by atoms with Crippen molar-refractivity contribution in [3.05, 3.63) is 42.0 Å². The smallest absolute Gasteiger partial charge is 0.336 e. The summed E-state index contributed by atoms with van der Waals surface area (Å²) in [6, 6.07) is 11.1. The van der Waals surface area contributed by atoms with Crippen LogP contribution < -0.4 is 5.32 Å². The van der Waals surface area contributed by atoms with Crippen LogP contribution in [0.25, 0.3) is 10.8 Å². The largest absolute Gasteiger partial charge is 0.478 e. The molecule has 0 aliphatic carbocycles. The molecular formula is C16H20N2O2. The van der Waals surface area contributed by atoms with E-state index in [0.29, 0.717) is 5.56 Å². The predicted molar refractivity (Wildman–Crippen MR) is 82.6 cm³/mol. The Morgan fingerprint density at radius 3 is 2.50 bits per heavy atom. The minimum absolute atomic E-state index is 0.347. The Bertz CT molecular complexity index is 608. The van der Waals surface area contributed by atoms with Crippen molar-refractivity contribution in [2.24, 2.45) is 0 Å². The number of aromatic carboxylic acids is 1. The van der Waals surface area contributed by atoms with Gasteiger partial charge in [0.05, 0.1) is 5.56 Å². The van der Waals surface area contributed by atoms with E-state index in [9.17, 15) is 9.90 Å². The van der Waals surface area contributed by atoms with Gasteiger partial charge in [-0.3, -0.25) is 0 Å². The molecule has 0 radical (unpaired) electrons. The molecule has 0 saturated carbocycles. The number of carbonyl (C=O) groups is 1. The summed E-state index contributed by atoms with van der Waals surface area (Å²) in [5, 5.41) is 14.3. The maximum atomic E-state index is 11.2. The number of nitrogens with zero attached hydrogens (tertiary/aromatic N) is 1. The topological polar surface area (TPSA) is 52.6 Å². The first-order valence-electron chi connectivity index (χ1n) is 6.73. The quantitative estimate of drug-likeness (QED) is 0.794. The van der Waals surface area contributed by atoms with Crippen LogP contribution in [0.2, 0.25) is 0 Å². The maximum Gasteiger partial charge on any atom is 0.336 e. The van der Waals surface area contributed by atoms with Crippen LogP contribution >= 0.6 is 0 Å². The van der Waals surface area contributed by atoms with Crippen molar-refractivity contribution in [1.82, 2.24) is 4.90 Å². The molecule has 106 valence electrons. The lowest BCUT2D eigenvalue weighted by molar-refractivity contribution is 0.0699. The van der Waals surface area contributed by atoms with Crippen LogP contribution in [0, 0.1) is 0 Å². The van der Waals surface area contributed by atoms with Gasteiger partial charge in [-0.05, 0) is 44.6 Å². The Balaban J connectivity index is 2.22. The summed E-state index contributed by atoms with van der Waals surface area (Å²) in [5.41, 5.74) is 1.34. The lowest BCUT2D eigenvalue weighted by atomic mass is 10.0. The van der Waals surface area contributed by atoms with Crippen molar-refractivity contribution in [3.63, 3.8) is 0 Å². The number of rotatable bonds is 6. The van der Waals surface area contributed by atoms with Gasteiger partial charge < -0.3 is 15.3 Å². The third-order valence-electron chi connectivity index (χ3n) is 3.25. The van der Waals surface area contributed by atoms with Gasteiger partial charge >= 0.3 is 5.97 Å². The average molecular weight is 272 g/mol. The standard InChI is InChI=1S/C16H20N2O2/c1-18(2)11-5-10-17-15-9-8-14(16(19)20)12-6-3-4-7-13(12)15/h3-4,6-9,17H,5,10-11H2,1-2H3,(H,19,20). The molecule has 0 aromatic heterocycles. The van der Waals surface area contributed by atoms with Gasteiger partial charge in [-0.2, -0.15) is 0 Å². The third kappa shape index (κ3) is 3.27. The normalized spacial score (nSPS) is 10.9. The number of benzene rings is 2. The fourth-order valence-electron chi connectivity index (χ4n) is 2.26. The predicted octanol–water partition coefficient (Wildman–Crippen LogP) is 2.90. The van der Waals surface area contributed by atoms with Gasteiger partial charge in [0.1, 0.15) is 0 Å². The first kappa shape index (κ1) is 14.3. The van der Waals surface area contributed by atoms with E-state index in [1.54, 1.807) is 6.07 Å². The van der Waals surface area contributed by atoms with Crippen molar-refractivity contribution >= 4 is 22.4 Å². The highest BCUT2D eigenvalue weighted by atomic mass is 16.4. The molecule has 4 heteroatoms. The van der Waals surface area contributed by atoms with Crippen LogP contribution in [0.4, 0.5) is 5.69 Å². The summed E-state index contributed by atoms with van der Waals surface area (Å²) >= 11 is 0. The van der Waals surface area contributed by atoms with E-state index in [-0.39, 0.29) is 0 Å². The highest BCUT2D eigenvalue weighted by Crippen LogP contribution is 2.26. The third-order valence-corrected chi connectivity index (χ3v) is 3.25. The molecule has 2 aromatic rings. The average Bonchev–Trinajstić information content (AvgIpc) is 2.43. The molecule has 0 fully saturated rings. The summed E-state index contributed by atoms with van der Waals surface area (Å²) in [5.74, 6) is -0.889. The summed E-state index contributed by atoms with van der Waals surface area (Å²) < 4.78 is 0. The summed E-state index contributed by atoms with van der Waals surface area (Å²) in [4.78, 5) is 13.4. The van der Waals surface area contributed by atoms with Crippen LogP contribution in [0.3, 0.4) is 0 Å². The molecule has 4 nitrogen and oxygen atoms in total. The molecule has 2 N–H and O–H groups in total. The molecular weight excluding hydrogens is 252 g/mol. The molecule has 20 heavy (non-hydrogen) atoms. The van der Waals surface area contributed by atoms with Gasteiger partial charge in [0.15, 0.2) is 0 Å². The highest BCUT2D eigenvalue weighted by Gasteiger charge is 2.10. The molecule has 0 heterocycles. The van der Waals surface area contributed by atoms with E-state index >= 15 is 0 Å². The lowest BCUT2D eigenvalue weighted by Gasteiger charge is -2.13. The maximum absolute atomic E-state index is 11.2. The van der Waals surface area contributed by atoms with Crippen LogP contribution in [-0.2, 0) is 0 Å². The highest BCUT2D eigenvalue weighted by molar-refractivity contribution is 6.07. The first-order chi connectivity index (χ1) is 9.59. The van der Waals surface area contributed by atoms with Gasteiger partial charge in [-0.15, -0.1) is 0 Å². The monoisotopic (exact) mass is 272 g/mol. The summed E-state index contributed by atoms with van der Waals surface area (Å²) in [6.45, 7) is 1.90. The fourth-order valence-corrected chi connectivity index (χ4v) is 2.26. The molecule has 0 amide bonds. The zero-order valence-corrected chi connectivity index (χ0v) is 11.9. The molecule has 0 aliphatic heterocycles. The summed E-state index contributed by atoms with van der Waals surface area (Å²) in [7, 11) is 4.11. The molecule has 2 aromatic carbocycles. The fraction of sp³-hybridized carbons (Fsp3) is 0.312. The van der Waals surface area contributed by atoms with Crippen molar-refractivity contribution in [3.8, 4) is 0 Å². The lowest BCUT2D eigenvalue weighted by Crippen LogP contribution is -2.16. The Hall–Kier alpha value is -2.07. The van der Waals surface area contributed by atoms with E-state index in [0.717, 1.165) is 36.0 Å². The second-order valence-electron chi connectivity index (χ2n) is 5.10.